The van der Waals surface area contributed by atoms with Crippen LogP contribution in [0.1, 0.15) is 105 Å². The zero-order valence-corrected chi connectivity index (χ0v) is 25.8. The van der Waals surface area contributed by atoms with Gasteiger partial charge in [-0.05, 0) is 62.6 Å². The lowest BCUT2D eigenvalue weighted by molar-refractivity contribution is -0.140. The molecule has 1 rings (SSSR count). The van der Waals surface area contributed by atoms with Gasteiger partial charge in [-0.2, -0.15) is 0 Å². The minimum Gasteiger partial charge on any atom is -0.480 e. The fourth-order valence-electron chi connectivity index (χ4n) is 4.26. The van der Waals surface area contributed by atoms with Gasteiger partial charge in [0.15, 0.2) is 11.5 Å². The molecular weight excluding hydrogens is 530 g/mol. The average molecular weight is 580 g/mol. The number of carbonyl (C=O) groups is 4. The summed E-state index contributed by atoms with van der Waals surface area (Å²) in [5.74, 6) is -3.07. The molecule has 3 N–H and O–H groups in total. The molecule has 0 aliphatic carbocycles. The lowest BCUT2D eigenvalue weighted by Crippen LogP contribution is -2.42. The molecule has 0 aromatic heterocycles. The maximum Gasteiger partial charge on any atom is 0.508 e. The standard InChI is InChI=1S/C31H49NO9/c1-9-10-20(6)38-31(37)39-22(8)21(7)28(29(32)30(35)36)23-13-14-24(40-26(33)15-11-18(2)3)25(17-23)41-27(34)16-12-19(4)5/h13-14,17-22,28-29H,9-12,15-16,32H2,1-8H3,(H,35,36)/t20?,21?,22?,28?,29-/m0/s1. The van der Waals surface area contributed by atoms with Gasteiger partial charge in [0.05, 0.1) is 0 Å². The Morgan fingerprint density at radius 3 is 1.83 bits per heavy atom. The van der Waals surface area contributed by atoms with Crippen LogP contribution in [0.5, 0.6) is 11.5 Å². The number of carbonyl (C=O) groups excluding carboxylic acids is 3. The largest absolute Gasteiger partial charge is 0.508 e. The van der Waals surface area contributed by atoms with Gasteiger partial charge < -0.3 is 29.8 Å². The number of esters is 2. The highest BCUT2D eigenvalue weighted by Gasteiger charge is 2.36. The molecule has 232 valence electrons. The predicted octanol–water partition coefficient (Wildman–Crippen LogP) is 6.23. The van der Waals surface area contributed by atoms with Crippen molar-refractivity contribution in [2.45, 2.75) is 118 Å². The summed E-state index contributed by atoms with van der Waals surface area (Å²) in [6.45, 7) is 15.0. The summed E-state index contributed by atoms with van der Waals surface area (Å²) in [5.41, 5.74) is 6.56. The van der Waals surface area contributed by atoms with Gasteiger partial charge in [0, 0.05) is 24.7 Å². The zero-order chi connectivity index (χ0) is 31.3. The molecule has 0 fully saturated rings. The Bertz CT molecular complexity index is 1010. The Labute approximate surface area is 244 Å². The lowest BCUT2D eigenvalue weighted by atomic mass is 9.79. The number of carboxylic acids is 1. The van der Waals surface area contributed by atoms with Gasteiger partial charge in [0.1, 0.15) is 18.2 Å². The molecule has 0 amide bonds. The van der Waals surface area contributed by atoms with E-state index in [1.807, 2.05) is 34.6 Å². The van der Waals surface area contributed by atoms with Gasteiger partial charge in [-0.15, -0.1) is 0 Å². The molecule has 0 aliphatic heterocycles. The van der Waals surface area contributed by atoms with Crippen LogP contribution in [-0.2, 0) is 23.9 Å². The number of aliphatic carboxylic acids is 1. The van der Waals surface area contributed by atoms with E-state index in [9.17, 15) is 24.3 Å². The van der Waals surface area contributed by atoms with Crippen molar-refractivity contribution < 1.29 is 43.2 Å². The Kier molecular flexibility index (Phi) is 15.4. The van der Waals surface area contributed by atoms with Crippen LogP contribution in [0.15, 0.2) is 18.2 Å². The molecular formula is C31H49NO9. The van der Waals surface area contributed by atoms with Gasteiger partial charge in [-0.25, -0.2) is 4.79 Å². The summed E-state index contributed by atoms with van der Waals surface area (Å²) in [6.07, 6.45) is 1.15. The molecule has 5 atom stereocenters. The van der Waals surface area contributed by atoms with Crippen molar-refractivity contribution in [1.29, 1.82) is 0 Å². The predicted molar refractivity (Wildman–Crippen MR) is 155 cm³/mol. The van der Waals surface area contributed by atoms with E-state index in [0.29, 0.717) is 30.7 Å². The summed E-state index contributed by atoms with van der Waals surface area (Å²) < 4.78 is 21.9. The summed E-state index contributed by atoms with van der Waals surface area (Å²) in [4.78, 5) is 49.5. The molecule has 0 bridgehead atoms. The van der Waals surface area contributed by atoms with Crippen molar-refractivity contribution in [1.82, 2.24) is 0 Å². The normalized spacial score (nSPS) is 15.0. The van der Waals surface area contributed by atoms with Crippen LogP contribution in [0.4, 0.5) is 4.79 Å². The van der Waals surface area contributed by atoms with E-state index in [0.717, 1.165) is 6.42 Å². The molecule has 0 aliphatic rings. The SMILES string of the molecule is CCCC(C)OC(=O)OC(C)C(C)C(c1ccc(OC(=O)CCC(C)C)c(OC(=O)CCC(C)C)c1)[C@H](N)C(=O)O. The summed E-state index contributed by atoms with van der Waals surface area (Å²) >= 11 is 0. The topological polar surface area (TPSA) is 151 Å². The van der Waals surface area contributed by atoms with Crippen molar-refractivity contribution >= 4 is 24.1 Å². The summed E-state index contributed by atoms with van der Waals surface area (Å²) in [5, 5.41) is 9.81. The van der Waals surface area contributed by atoms with Crippen LogP contribution >= 0.6 is 0 Å². The number of carboxylic acid groups (broad SMARTS) is 1. The third-order valence-corrected chi connectivity index (χ3v) is 6.91. The van der Waals surface area contributed by atoms with Crippen LogP contribution in [0.2, 0.25) is 0 Å². The summed E-state index contributed by atoms with van der Waals surface area (Å²) in [6, 6.07) is 3.13. The van der Waals surface area contributed by atoms with Gasteiger partial charge >= 0.3 is 24.1 Å². The van der Waals surface area contributed by atoms with E-state index in [2.05, 4.69) is 0 Å². The average Bonchev–Trinajstić information content (AvgIpc) is 2.87. The molecule has 0 radical (unpaired) electrons. The minimum atomic E-state index is -1.38. The van der Waals surface area contributed by atoms with Crippen LogP contribution < -0.4 is 15.2 Å². The van der Waals surface area contributed by atoms with Crippen molar-refractivity contribution in [2.75, 3.05) is 0 Å². The first-order valence-electron chi connectivity index (χ1n) is 14.6. The molecule has 0 saturated carbocycles. The van der Waals surface area contributed by atoms with Gasteiger partial charge in [-0.3, -0.25) is 14.4 Å². The van der Waals surface area contributed by atoms with E-state index in [1.54, 1.807) is 26.8 Å². The third kappa shape index (κ3) is 12.9. The third-order valence-electron chi connectivity index (χ3n) is 6.91. The number of benzene rings is 1. The quantitative estimate of drug-likeness (QED) is 0.160. The number of ether oxygens (including phenoxy) is 4. The Hall–Kier alpha value is -3.14. The maximum atomic E-state index is 12.6. The molecule has 1 aromatic carbocycles. The monoisotopic (exact) mass is 579 g/mol. The van der Waals surface area contributed by atoms with Crippen LogP contribution in [-0.4, -0.2) is 47.4 Å². The van der Waals surface area contributed by atoms with Gasteiger partial charge in [0.25, 0.3) is 0 Å². The smallest absolute Gasteiger partial charge is 0.480 e. The van der Waals surface area contributed by atoms with Crippen LogP contribution in [0.25, 0.3) is 0 Å². The zero-order valence-electron chi connectivity index (χ0n) is 25.8. The molecule has 0 spiro atoms. The maximum absolute atomic E-state index is 12.6. The molecule has 10 nitrogen and oxygen atoms in total. The summed E-state index contributed by atoms with van der Waals surface area (Å²) in [7, 11) is 0. The number of hydrogen-bond donors (Lipinski definition) is 2. The molecule has 4 unspecified atom stereocenters. The Balaban J connectivity index is 3.36. The van der Waals surface area contributed by atoms with E-state index in [1.165, 1.54) is 12.1 Å². The molecule has 0 heterocycles. The Morgan fingerprint density at radius 2 is 1.34 bits per heavy atom. The van der Waals surface area contributed by atoms with Crippen LogP contribution in [0.3, 0.4) is 0 Å². The number of rotatable bonds is 17. The molecule has 10 heteroatoms. The highest BCUT2D eigenvalue weighted by molar-refractivity contribution is 5.77. The Morgan fingerprint density at radius 1 is 0.805 bits per heavy atom. The lowest BCUT2D eigenvalue weighted by Gasteiger charge is -2.31. The minimum absolute atomic E-state index is 0.00897. The number of nitrogens with two attached hydrogens (primary N) is 1. The first-order valence-corrected chi connectivity index (χ1v) is 14.6. The van der Waals surface area contributed by atoms with Crippen LogP contribution in [0, 0.1) is 17.8 Å². The fraction of sp³-hybridized carbons (Fsp3) is 0.677. The highest BCUT2D eigenvalue weighted by atomic mass is 16.7. The molecule has 0 saturated heterocycles. The number of hydrogen-bond acceptors (Lipinski definition) is 9. The second kappa shape index (κ2) is 17.6. The molecule has 1 aromatic rings. The van der Waals surface area contributed by atoms with E-state index in [-0.39, 0.29) is 36.4 Å². The van der Waals surface area contributed by atoms with Crippen molar-refractivity contribution in [3.8, 4) is 11.5 Å². The van der Waals surface area contributed by atoms with Gasteiger partial charge in [-0.1, -0.05) is 54.0 Å². The van der Waals surface area contributed by atoms with Crippen molar-refractivity contribution in [3.63, 3.8) is 0 Å². The second-order valence-corrected chi connectivity index (χ2v) is 11.6. The van der Waals surface area contributed by atoms with E-state index < -0.39 is 48.0 Å². The molecule has 41 heavy (non-hydrogen) atoms. The second-order valence-electron chi connectivity index (χ2n) is 11.6. The van der Waals surface area contributed by atoms with Gasteiger partial charge in [0.2, 0.25) is 0 Å². The first-order chi connectivity index (χ1) is 19.2. The van der Waals surface area contributed by atoms with E-state index in [4.69, 9.17) is 24.7 Å². The highest BCUT2D eigenvalue weighted by Crippen LogP contribution is 2.37. The van der Waals surface area contributed by atoms with E-state index >= 15 is 0 Å². The van der Waals surface area contributed by atoms with Crippen molar-refractivity contribution in [2.24, 2.45) is 23.5 Å². The first kappa shape index (κ1) is 35.9. The fourth-order valence-corrected chi connectivity index (χ4v) is 4.26. The van der Waals surface area contributed by atoms with Crippen molar-refractivity contribution in [3.05, 3.63) is 23.8 Å².